The van der Waals surface area contributed by atoms with Crippen LogP contribution < -0.4 is 9.92 Å². The number of carboxylic acid groups (broad SMARTS) is 1. The summed E-state index contributed by atoms with van der Waals surface area (Å²) in [7, 11) is -4.41. The molecule has 10 nitrogen and oxygen atoms in total. The van der Waals surface area contributed by atoms with Crippen molar-refractivity contribution < 1.29 is 27.4 Å². The van der Waals surface area contributed by atoms with E-state index < -0.39 is 43.4 Å². The molecular weight excluding hydrogens is 434 g/mol. The van der Waals surface area contributed by atoms with Crippen LogP contribution in [0.5, 0.6) is 5.75 Å². The minimum Gasteiger partial charge on any atom is -0.465 e. The molecule has 2 aromatic carbocycles. The van der Waals surface area contributed by atoms with Gasteiger partial charge in [0.15, 0.2) is 5.11 Å². The number of thiocarbonyl (C=S) groups is 1. The molecule has 148 valence electrons. The first-order valence-corrected chi connectivity index (χ1v) is 9.48. The summed E-state index contributed by atoms with van der Waals surface area (Å²) < 4.78 is 29.7. The molecular formula is C15H12ClN3O7S2. The third-order valence-electron chi connectivity index (χ3n) is 3.37. The van der Waals surface area contributed by atoms with Crippen LogP contribution in [0.2, 0.25) is 5.02 Å². The molecule has 28 heavy (non-hydrogen) atoms. The van der Waals surface area contributed by atoms with Crippen molar-refractivity contribution in [1.82, 2.24) is 4.90 Å². The van der Waals surface area contributed by atoms with Gasteiger partial charge in [-0.05, 0) is 36.5 Å². The first-order valence-electron chi connectivity index (χ1n) is 7.28. The second-order valence-electron chi connectivity index (χ2n) is 5.25. The van der Waals surface area contributed by atoms with Crippen LogP contribution in [0.1, 0.15) is 5.56 Å². The van der Waals surface area contributed by atoms with Gasteiger partial charge in [0.2, 0.25) is 0 Å². The average molecular weight is 446 g/mol. The molecule has 1 amide bonds. The molecule has 0 saturated carbocycles. The van der Waals surface area contributed by atoms with Gasteiger partial charge in [-0.15, -0.1) is 0 Å². The largest absolute Gasteiger partial charge is 0.465 e. The molecule has 0 aliphatic carbocycles. The molecule has 2 rings (SSSR count). The van der Waals surface area contributed by atoms with Crippen LogP contribution in [0.4, 0.5) is 10.5 Å². The first-order chi connectivity index (χ1) is 13.0. The van der Waals surface area contributed by atoms with Crippen molar-refractivity contribution in [3.63, 3.8) is 0 Å². The normalized spacial score (nSPS) is 10.9. The second kappa shape index (κ2) is 8.37. The molecule has 13 heteroatoms. The molecule has 0 radical (unpaired) electrons. The summed E-state index contributed by atoms with van der Waals surface area (Å²) in [5, 5.41) is 20.1. The van der Waals surface area contributed by atoms with Gasteiger partial charge in [0.05, 0.1) is 11.5 Å². The van der Waals surface area contributed by atoms with E-state index in [1.54, 1.807) is 0 Å². The third kappa shape index (κ3) is 5.06. The van der Waals surface area contributed by atoms with E-state index >= 15 is 0 Å². The first kappa shape index (κ1) is 21.3. The molecule has 0 spiro atoms. The minimum atomic E-state index is -4.41. The Hall–Kier alpha value is -2.96. The van der Waals surface area contributed by atoms with E-state index in [0.29, 0.717) is 4.90 Å². The van der Waals surface area contributed by atoms with E-state index in [9.17, 15) is 23.3 Å². The Morgan fingerprint density at radius 2 is 2.00 bits per heavy atom. The van der Waals surface area contributed by atoms with E-state index in [1.165, 1.54) is 24.3 Å². The van der Waals surface area contributed by atoms with Gasteiger partial charge in [0.25, 0.3) is 5.69 Å². The van der Waals surface area contributed by atoms with E-state index in [2.05, 4.69) is 12.2 Å². The molecule has 0 fully saturated rings. The molecule has 0 aliphatic rings. The van der Waals surface area contributed by atoms with E-state index in [1.807, 2.05) is 0 Å². The number of hydrogen-bond donors (Lipinski definition) is 2. The van der Waals surface area contributed by atoms with Crippen LogP contribution >= 0.6 is 23.8 Å². The quantitative estimate of drug-likeness (QED) is 0.295. The molecule has 0 bridgehead atoms. The number of benzene rings is 2. The van der Waals surface area contributed by atoms with Crippen molar-refractivity contribution in [2.45, 2.75) is 11.4 Å². The van der Waals surface area contributed by atoms with Crippen molar-refractivity contribution in [3.8, 4) is 5.75 Å². The summed E-state index contributed by atoms with van der Waals surface area (Å²) >= 11 is 10.4. The number of hydrogen-bond acceptors (Lipinski definition) is 7. The number of nitrogens with zero attached hydrogens (tertiary/aromatic N) is 2. The number of carbonyl (C=O) groups is 1. The Morgan fingerprint density at radius 3 is 2.54 bits per heavy atom. The highest BCUT2D eigenvalue weighted by Crippen LogP contribution is 2.27. The predicted octanol–water partition coefficient (Wildman–Crippen LogP) is 2.74. The zero-order chi connectivity index (χ0) is 21.1. The lowest BCUT2D eigenvalue weighted by Gasteiger charge is -2.17. The number of amides is 1. The van der Waals surface area contributed by atoms with Crippen LogP contribution in [0.3, 0.4) is 0 Å². The van der Waals surface area contributed by atoms with Crippen LogP contribution in [-0.4, -0.2) is 34.6 Å². The highest BCUT2D eigenvalue weighted by atomic mass is 35.5. The van der Waals surface area contributed by atoms with Gasteiger partial charge in [-0.2, -0.15) is 8.42 Å². The fourth-order valence-electron chi connectivity index (χ4n) is 2.11. The van der Waals surface area contributed by atoms with Gasteiger partial charge >= 0.3 is 16.2 Å². The summed E-state index contributed by atoms with van der Waals surface area (Å²) in [6.07, 6.45) is -1.51. The average Bonchev–Trinajstić information content (AvgIpc) is 2.58. The maximum absolute atomic E-state index is 12.4. The standard InChI is InChI=1S/C15H12ClN3O7S2/c16-10-2-1-3-11(6-10)26-28(24,25)12-5-4-9(13(7-12)19(22)23)8-18(14(17)27)15(20)21/h1-7H,8H2,(H2,17,27)(H,20,21). The fourth-order valence-corrected chi connectivity index (χ4v) is 3.37. The zero-order valence-corrected chi connectivity index (χ0v) is 16.2. The van der Waals surface area contributed by atoms with Crippen molar-refractivity contribution >= 4 is 50.8 Å². The maximum atomic E-state index is 12.4. The Labute approximate surface area is 169 Å². The fraction of sp³-hybridized carbons (Fsp3) is 0.0667. The van der Waals surface area contributed by atoms with Crippen molar-refractivity contribution in [1.29, 1.82) is 0 Å². The number of nitrogens with two attached hydrogens (primary N) is 1. The SMILES string of the molecule is NC(=S)N(Cc1ccc(S(=O)(=O)Oc2cccc(Cl)c2)cc1[N+](=O)[O-])C(=O)O. The Morgan fingerprint density at radius 1 is 1.32 bits per heavy atom. The number of halogens is 1. The van der Waals surface area contributed by atoms with Gasteiger partial charge in [0.1, 0.15) is 10.6 Å². The third-order valence-corrected chi connectivity index (χ3v) is 5.07. The van der Waals surface area contributed by atoms with Gasteiger partial charge in [0, 0.05) is 22.7 Å². The number of nitro benzene ring substituents is 1. The summed E-state index contributed by atoms with van der Waals surface area (Å²) in [6, 6.07) is 8.47. The van der Waals surface area contributed by atoms with E-state index in [-0.39, 0.29) is 16.3 Å². The highest BCUT2D eigenvalue weighted by Gasteiger charge is 2.26. The molecule has 0 aliphatic heterocycles. The molecule has 0 heterocycles. The van der Waals surface area contributed by atoms with Crippen LogP contribution in [0.15, 0.2) is 47.4 Å². The molecule has 0 saturated heterocycles. The highest BCUT2D eigenvalue weighted by molar-refractivity contribution is 7.87. The smallest absolute Gasteiger partial charge is 0.413 e. The van der Waals surface area contributed by atoms with Gasteiger partial charge in [-0.25, -0.2) is 9.69 Å². The Kier molecular flexibility index (Phi) is 6.38. The lowest BCUT2D eigenvalue weighted by atomic mass is 10.1. The van der Waals surface area contributed by atoms with E-state index in [4.69, 9.17) is 26.6 Å². The summed E-state index contributed by atoms with van der Waals surface area (Å²) in [4.78, 5) is 21.6. The maximum Gasteiger partial charge on any atom is 0.413 e. The summed E-state index contributed by atoms with van der Waals surface area (Å²) in [6.45, 7) is -0.531. The number of rotatable bonds is 6. The Bertz CT molecular complexity index is 1050. The summed E-state index contributed by atoms with van der Waals surface area (Å²) in [5.74, 6) is -0.0789. The predicted molar refractivity (Wildman–Crippen MR) is 103 cm³/mol. The molecule has 0 unspecified atom stereocenters. The van der Waals surface area contributed by atoms with Crippen LogP contribution in [0, 0.1) is 10.1 Å². The van der Waals surface area contributed by atoms with Crippen molar-refractivity contribution in [2.24, 2.45) is 5.73 Å². The van der Waals surface area contributed by atoms with Crippen molar-refractivity contribution in [3.05, 3.63) is 63.2 Å². The lowest BCUT2D eigenvalue weighted by Crippen LogP contribution is -2.39. The van der Waals surface area contributed by atoms with Crippen LogP contribution in [-0.2, 0) is 16.7 Å². The lowest BCUT2D eigenvalue weighted by molar-refractivity contribution is -0.385. The van der Waals surface area contributed by atoms with Gasteiger partial charge in [-0.3, -0.25) is 10.1 Å². The van der Waals surface area contributed by atoms with E-state index in [0.717, 1.165) is 18.2 Å². The number of nitro groups is 1. The molecule has 0 aromatic heterocycles. The summed E-state index contributed by atoms with van der Waals surface area (Å²) in [5.41, 5.74) is 4.54. The Balaban J connectivity index is 2.42. The monoisotopic (exact) mass is 445 g/mol. The van der Waals surface area contributed by atoms with Gasteiger partial charge in [-0.1, -0.05) is 17.7 Å². The van der Waals surface area contributed by atoms with Gasteiger partial charge < -0.3 is 15.0 Å². The molecule has 3 N–H and O–H groups in total. The zero-order valence-electron chi connectivity index (χ0n) is 13.8. The van der Waals surface area contributed by atoms with Crippen LogP contribution in [0.25, 0.3) is 0 Å². The molecule has 2 aromatic rings. The minimum absolute atomic E-state index is 0.0789. The van der Waals surface area contributed by atoms with Crippen molar-refractivity contribution in [2.75, 3.05) is 0 Å². The molecule has 0 atom stereocenters. The topological polar surface area (TPSA) is 153 Å². The second-order valence-corrected chi connectivity index (χ2v) is 7.65.